The van der Waals surface area contributed by atoms with Crippen molar-refractivity contribution in [2.24, 2.45) is 0 Å². The van der Waals surface area contributed by atoms with E-state index in [4.69, 9.17) is 0 Å². The van der Waals surface area contributed by atoms with Crippen molar-refractivity contribution >= 4 is 11.9 Å². The maximum Gasteiger partial charge on any atom is 0.274 e. The summed E-state index contributed by atoms with van der Waals surface area (Å²) >= 11 is 0. The van der Waals surface area contributed by atoms with E-state index in [1.165, 1.54) is 0 Å². The van der Waals surface area contributed by atoms with Crippen molar-refractivity contribution in [3.63, 3.8) is 0 Å². The van der Waals surface area contributed by atoms with Gasteiger partial charge in [-0.05, 0) is 25.7 Å². The van der Waals surface area contributed by atoms with Crippen LogP contribution in [0.25, 0.3) is 0 Å². The predicted octanol–water partition coefficient (Wildman–Crippen LogP) is 1.71. The highest BCUT2D eigenvalue weighted by Crippen LogP contribution is 2.23. The fraction of sp³-hybridized carbons (Fsp3) is 0.692. The second kappa shape index (κ2) is 4.63. The van der Waals surface area contributed by atoms with E-state index >= 15 is 0 Å². The lowest BCUT2D eigenvalue weighted by atomic mass is 10.1. The highest BCUT2D eigenvalue weighted by atomic mass is 16.2. The van der Waals surface area contributed by atoms with Crippen LogP contribution < -0.4 is 5.32 Å². The first-order valence-electron chi connectivity index (χ1n) is 6.91. The summed E-state index contributed by atoms with van der Waals surface area (Å²) in [7, 11) is 0. The van der Waals surface area contributed by atoms with Gasteiger partial charge in [-0.25, -0.2) is 4.98 Å². The molecule has 1 fully saturated rings. The molecule has 5 heteroatoms. The zero-order chi connectivity index (χ0) is 12.5. The number of likely N-dealkylation sites (tertiary alicyclic amines) is 1. The first kappa shape index (κ1) is 11.6. The molecule has 1 saturated heterocycles. The van der Waals surface area contributed by atoms with Gasteiger partial charge in [-0.1, -0.05) is 6.92 Å². The summed E-state index contributed by atoms with van der Waals surface area (Å²) in [6.45, 7) is 4.94. The van der Waals surface area contributed by atoms with Crippen LogP contribution >= 0.6 is 0 Å². The normalized spacial score (nSPS) is 22.7. The van der Waals surface area contributed by atoms with E-state index in [9.17, 15) is 4.79 Å². The van der Waals surface area contributed by atoms with E-state index in [2.05, 4.69) is 17.2 Å². The van der Waals surface area contributed by atoms with Gasteiger partial charge < -0.3 is 14.8 Å². The maximum atomic E-state index is 12.5. The van der Waals surface area contributed by atoms with Gasteiger partial charge in [-0.3, -0.25) is 4.79 Å². The van der Waals surface area contributed by atoms with Gasteiger partial charge in [0.1, 0.15) is 5.69 Å². The number of amides is 1. The Hall–Kier alpha value is -1.52. The Morgan fingerprint density at radius 1 is 1.50 bits per heavy atom. The molecule has 2 aliphatic heterocycles. The van der Waals surface area contributed by atoms with Gasteiger partial charge in [0.25, 0.3) is 5.91 Å². The van der Waals surface area contributed by atoms with Gasteiger partial charge >= 0.3 is 0 Å². The third-order valence-corrected chi connectivity index (χ3v) is 3.96. The first-order valence-corrected chi connectivity index (χ1v) is 6.91. The number of anilines is 1. The smallest absolute Gasteiger partial charge is 0.274 e. The molecule has 98 valence electrons. The molecule has 3 rings (SSSR count). The number of imidazole rings is 1. The van der Waals surface area contributed by atoms with E-state index in [-0.39, 0.29) is 5.91 Å². The number of fused-ring (bicyclic) bond motifs is 1. The molecular formula is C13H20N4O. The van der Waals surface area contributed by atoms with Crippen LogP contribution in [0.3, 0.4) is 0 Å². The number of aryl methyl sites for hydroxylation is 1. The van der Waals surface area contributed by atoms with Crippen molar-refractivity contribution in [2.45, 2.75) is 45.2 Å². The lowest BCUT2D eigenvalue weighted by molar-refractivity contribution is 0.0728. The Bertz CT molecular complexity index is 430. The van der Waals surface area contributed by atoms with Gasteiger partial charge in [0.2, 0.25) is 5.95 Å². The van der Waals surface area contributed by atoms with Crippen LogP contribution in [0.4, 0.5) is 5.95 Å². The summed E-state index contributed by atoms with van der Waals surface area (Å²) in [5.74, 6) is 0.944. The Labute approximate surface area is 107 Å². The van der Waals surface area contributed by atoms with Gasteiger partial charge in [-0.15, -0.1) is 0 Å². The minimum Gasteiger partial charge on any atom is -0.356 e. The third-order valence-electron chi connectivity index (χ3n) is 3.96. The Morgan fingerprint density at radius 3 is 3.17 bits per heavy atom. The lowest BCUT2D eigenvalue weighted by Crippen LogP contribution is -2.35. The number of nitrogens with one attached hydrogen (secondary N) is 1. The second-order valence-corrected chi connectivity index (χ2v) is 5.13. The van der Waals surface area contributed by atoms with Gasteiger partial charge in [-0.2, -0.15) is 0 Å². The fourth-order valence-corrected chi connectivity index (χ4v) is 2.95. The number of carbonyl (C=O) groups is 1. The zero-order valence-corrected chi connectivity index (χ0v) is 10.9. The van der Waals surface area contributed by atoms with Crippen LogP contribution in [0.5, 0.6) is 0 Å². The number of aromatic nitrogens is 2. The summed E-state index contributed by atoms with van der Waals surface area (Å²) in [5, 5.41) is 3.23. The number of hydrogen-bond donors (Lipinski definition) is 1. The molecule has 0 aliphatic carbocycles. The Balaban J connectivity index is 1.81. The molecule has 3 heterocycles. The molecule has 2 aliphatic rings. The molecule has 0 aromatic carbocycles. The molecule has 0 spiro atoms. The third kappa shape index (κ3) is 1.87. The predicted molar refractivity (Wildman–Crippen MR) is 69.7 cm³/mol. The fourth-order valence-electron chi connectivity index (χ4n) is 2.95. The van der Waals surface area contributed by atoms with E-state index in [1.807, 2.05) is 15.7 Å². The maximum absolute atomic E-state index is 12.5. The topological polar surface area (TPSA) is 50.2 Å². The largest absolute Gasteiger partial charge is 0.356 e. The molecule has 1 unspecified atom stereocenters. The van der Waals surface area contributed by atoms with Crippen LogP contribution in [0.1, 0.15) is 43.1 Å². The molecule has 0 bridgehead atoms. The van der Waals surface area contributed by atoms with Crippen molar-refractivity contribution in [3.05, 3.63) is 11.9 Å². The summed E-state index contributed by atoms with van der Waals surface area (Å²) < 4.78 is 2.05. The van der Waals surface area contributed by atoms with E-state index < -0.39 is 0 Å². The number of nitrogens with zero attached hydrogens (tertiary/aromatic N) is 3. The quantitative estimate of drug-likeness (QED) is 0.867. The summed E-state index contributed by atoms with van der Waals surface area (Å²) in [6.07, 6.45) is 6.29. The minimum absolute atomic E-state index is 0.100. The summed E-state index contributed by atoms with van der Waals surface area (Å²) in [5.41, 5.74) is 0.597. The molecular weight excluding hydrogens is 228 g/mol. The van der Waals surface area contributed by atoms with E-state index in [0.29, 0.717) is 11.7 Å². The van der Waals surface area contributed by atoms with Crippen LogP contribution in [0, 0.1) is 0 Å². The van der Waals surface area contributed by atoms with Gasteiger partial charge in [0.15, 0.2) is 0 Å². The molecule has 5 nitrogen and oxygen atoms in total. The standard InChI is InChI=1S/C13H20N4O/c1-2-10-5-3-8-17(10)12(18)11-9-16-7-4-6-14-13(16)15-11/h9-10H,2-8H2,1H3,(H,14,15). The van der Waals surface area contributed by atoms with Gasteiger partial charge in [0, 0.05) is 31.9 Å². The molecule has 1 atom stereocenters. The SMILES string of the molecule is CCC1CCCN1C(=O)c1cn2c(n1)NCCC2. The highest BCUT2D eigenvalue weighted by molar-refractivity contribution is 5.93. The zero-order valence-electron chi connectivity index (χ0n) is 10.9. The molecule has 0 radical (unpaired) electrons. The van der Waals surface area contributed by atoms with Crippen molar-refractivity contribution in [1.82, 2.24) is 14.5 Å². The average Bonchev–Trinajstić information content (AvgIpc) is 3.03. The van der Waals surface area contributed by atoms with Gasteiger partial charge in [0.05, 0.1) is 0 Å². The van der Waals surface area contributed by atoms with E-state index in [0.717, 1.165) is 51.3 Å². The summed E-state index contributed by atoms with van der Waals surface area (Å²) in [6, 6.07) is 0.407. The molecule has 1 amide bonds. The van der Waals surface area contributed by atoms with Crippen molar-refractivity contribution in [2.75, 3.05) is 18.4 Å². The Morgan fingerprint density at radius 2 is 2.39 bits per heavy atom. The number of rotatable bonds is 2. The summed E-state index contributed by atoms with van der Waals surface area (Å²) in [4.78, 5) is 18.9. The van der Waals surface area contributed by atoms with Crippen LogP contribution in [0.2, 0.25) is 0 Å². The monoisotopic (exact) mass is 248 g/mol. The number of carbonyl (C=O) groups excluding carboxylic acids is 1. The van der Waals surface area contributed by atoms with Crippen molar-refractivity contribution < 1.29 is 4.79 Å². The van der Waals surface area contributed by atoms with Crippen LogP contribution in [-0.2, 0) is 6.54 Å². The first-order chi connectivity index (χ1) is 8.79. The minimum atomic E-state index is 0.100. The van der Waals surface area contributed by atoms with E-state index in [1.54, 1.807) is 0 Å². The molecule has 1 aromatic heterocycles. The second-order valence-electron chi connectivity index (χ2n) is 5.13. The molecule has 1 N–H and O–H groups in total. The molecule has 1 aromatic rings. The van der Waals surface area contributed by atoms with Crippen molar-refractivity contribution in [1.29, 1.82) is 0 Å². The average molecular weight is 248 g/mol. The molecule has 0 saturated carbocycles. The van der Waals surface area contributed by atoms with Crippen LogP contribution in [-0.4, -0.2) is 39.5 Å². The van der Waals surface area contributed by atoms with Crippen LogP contribution in [0.15, 0.2) is 6.20 Å². The lowest BCUT2D eigenvalue weighted by Gasteiger charge is -2.22. The van der Waals surface area contributed by atoms with Crippen molar-refractivity contribution in [3.8, 4) is 0 Å². The number of hydrogen-bond acceptors (Lipinski definition) is 3. The highest BCUT2D eigenvalue weighted by Gasteiger charge is 2.30. The Kier molecular flexibility index (Phi) is 2.97. The molecule has 18 heavy (non-hydrogen) atoms.